The Hall–Kier alpha value is -1.60. The van der Waals surface area contributed by atoms with Crippen molar-refractivity contribution in [3.63, 3.8) is 0 Å². The third-order valence-electron chi connectivity index (χ3n) is 2.26. The van der Waals surface area contributed by atoms with Gasteiger partial charge < -0.3 is 10.1 Å². The van der Waals surface area contributed by atoms with E-state index < -0.39 is 5.82 Å². The Bertz CT molecular complexity index is 387. The molecule has 0 aliphatic heterocycles. The van der Waals surface area contributed by atoms with Gasteiger partial charge in [0.05, 0.1) is 17.3 Å². The molecule has 1 unspecified atom stereocenters. The average Bonchev–Trinajstić information content (AvgIpc) is 2.29. The normalized spacial score (nSPS) is 11.9. The molecule has 0 radical (unpaired) electrons. The maximum absolute atomic E-state index is 13.5. The van der Waals surface area contributed by atoms with Crippen LogP contribution in [-0.4, -0.2) is 19.8 Å². The molecular formula is C12H15FN2O. The second-order valence-corrected chi connectivity index (χ2v) is 3.63. The van der Waals surface area contributed by atoms with Crippen LogP contribution in [0.15, 0.2) is 18.2 Å². The topological polar surface area (TPSA) is 45.0 Å². The van der Waals surface area contributed by atoms with Crippen molar-refractivity contribution >= 4 is 5.69 Å². The van der Waals surface area contributed by atoms with Crippen LogP contribution in [-0.2, 0) is 4.74 Å². The Kier molecular flexibility index (Phi) is 4.74. The summed E-state index contributed by atoms with van der Waals surface area (Å²) in [6, 6.07) is 6.42. The first-order valence-electron chi connectivity index (χ1n) is 5.12. The number of hydrogen-bond donors (Lipinski definition) is 1. The maximum atomic E-state index is 13.5. The summed E-state index contributed by atoms with van der Waals surface area (Å²) >= 11 is 0. The lowest BCUT2D eigenvalue weighted by Gasteiger charge is -2.15. The number of ether oxygens (including phenoxy) is 1. The minimum absolute atomic E-state index is 0.127. The van der Waals surface area contributed by atoms with Crippen LogP contribution in [0.5, 0.6) is 0 Å². The van der Waals surface area contributed by atoms with E-state index in [2.05, 4.69) is 5.32 Å². The number of hydrogen-bond acceptors (Lipinski definition) is 3. The first-order chi connectivity index (χ1) is 7.67. The van der Waals surface area contributed by atoms with Crippen molar-refractivity contribution in [1.29, 1.82) is 5.26 Å². The predicted octanol–water partition coefficient (Wildman–Crippen LogP) is 2.53. The van der Waals surface area contributed by atoms with E-state index in [-0.39, 0.29) is 6.04 Å². The molecule has 3 nitrogen and oxygen atoms in total. The molecule has 0 aromatic heterocycles. The van der Waals surface area contributed by atoms with Gasteiger partial charge in [0.1, 0.15) is 5.82 Å². The summed E-state index contributed by atoms with van der Waals surface area (Å²) in [5.41, 5.74) is 0.746. The van der Waals surface area contributed by atoms with Gasteiger partial charge in [0.2, 0.25) is 0 Å². The lowest BCUT2D eigenvalue weighted by atomic mass is 10.2. The minimum Gasteiger partial charge on any atom is -0.385 e. The van der Waals surface area contributed by atoms with Crippen molar-refractivity contribution in [2.75, 3.05) is 19.0 Å². The van der Waals surface area contributed by atoms with Crippen LogP contribution in [0.3, 0.4) is 0 Å². The highest BCUT2D eigenvalue weighted by Crippen LogP contribution is 2.16. The van der Waals surface area contributed by atoms with Crippen LogP contribution in [0.2, 0.25) is 0 Å². The Morgan fingerprint density at radius 1 is 1.56 bits per heavy atom. The van der Waals surface area contributed by atoms with E-state index in [9.17, 15) is 4.39 Å². The van der Waals surface area contributed by atoms with Crippen molar-refractivity contribution in [3.05, 3.63) is 29.6 Å². The zero-order valence-electron chi connectivity index (χ0n) is 9.46. The van der Waals surface area contributed by atoms with E-state index in [1.165, 1.54) is 6.07 Å². The largest absolute Gasteiger partial charge is 0.385 e. The molecule has 1 aromatic carbocycles. The maximum Gasteiger partial charge on any atom is 0.147 e. The zero-order chi connectivity index (χ0) is 12.0. The Balaban J connectivity index is 2.64. The second-order valence-electron chi connectivity index (χ2n) is 3.63. The standard InChI is InChI=1S/C12H15FN2O/c1-9(5-6-16-2)15-12-4-3-10(8-14)7-11(12)13/h3-4,7,9,15H,5-6H2,1-2H3. The molecule has 0 fully saturated rings. The van der Waals surface area contributed by atoms with Crippen molar-refractivity contribution in [3.8, 4) is 6.07 Å². The monoisotopic (exact) mass is 222 g/mol. The Morgan fingerprint density at radius 3 is 2.88 bits per heavy atom. The fraction of sp³-hybridized carbons (Fsp3) is 0.417. The summed E-state index contributed by atoms with van der Waals surface area (Å²) in [5, 5.41) is 11.6. The average molecular weight is 222 g/mol. The lowest BCUT2D eigenvalue weighted by molar-refractivity contribution is 0.191. The molecule has 0 heterocycles. The quantitative estimate of drug-likeness (QED) is 0.832. The number of nitrogens with one attached hydrogen (secondary N) is 1. The molecule has 1 atom stereocenters. The fourth-order valence-electron chi connectivity index (χ4n) is 1.33. The molecule has 16 heavy (non-hydrogen) atoms. The molecule has 1 rings (SSSR count). The lowest BCUT2D eigenvalue weighted by Crippen LogP contribution is -2.17. The number of nitriles is 1. The van der Waals surface area contributed by atoms with Crippen LogP contribution >= 0.6 is 0 Å². The molecule has 1 aromatic rings. The van der Waals surface area contributed by atoms with Crippen LogP contribution in [0.4, 0.5) is 10.1 Å². The van der Waals surface area contributed by atoms with Crippen molar-refractivity contribution < 1.29 is 9.13 Å². The zero-order valence-corrected chi connectivity index (χ0v) is 9.46. The summed E-state index contributed by atoms with van der Waals surface area (Å²) in [7, 11) is 1.63. The summed E-state index contributed by atoms with van der Waals surface area (Å²) in [4.78, 5) is 0. The van der Waals surface area contributed by atoms with E-state index in [0.717, 1.165) is 6.42 Å². The SMILES string of the molecule is COCCC(C)Nc1ccc(C#N)cc1F. The Labute approximate surface area is 94.8 Å². The second kappa shape index (κ2) is 6.09. The molecular weight excluding hydrogens is 207 g/mol. The summed E-state index contributed by atoms with van der Waals surface area (Å²) in [5.74, 6) is -0.400. The smallest absolute Gasteiger partial charge is 0.147 e. The third-order valence-corrected chi connectivity index (χ3v) is 2.26. The highest BCUT2D eigenvalue weighted by atomic mass is 19.1. The number of methoxy groups -OCH3 is 1. The molecule has 0 aliphatic rings. The van der Waals surface area contributed by atoms with Crippen LogP contribution in [0.1, 0.15) is 18.9 Å². The van der Waals surface area contributed by atoms with E-state index in [1.54, 1.807) is 19.2 Å². The van der Waals surface area contributed by atoms with Gasteiger partial charge in [-0.15, -0.1) is 0 Å². The number of benzene rings is 1. The molecule has 0 saturated heterocycles. The highest BCUT2D eigenvalue weighted by molar-refractivity contribution is 5.49. The first kappa shape index (κ1) is 12.5. The molecule has 0 bridgehead atoms. The summed E-state index contributed by atoms with van der Waals surface area (Å²) < 4.78 is 18.4. The van der Waals surface area contributed by atoms with Gasteiger partial charge in [0.15, 0.2) is 0 Å². The summed E-state index contributed by atoms with van der Waals surface area (Å²) in [6.07, 6.45) is 0.802. The van der Waals surface area contributed by atoms with Gasteiger partial charge in [-0.1, -0.05) is 0 Å². The van der Waals surface area contributed by atoms with E-state index in [4.69, 9.17) is 10.00 Å². The molecule has 0 aliphatic carbocycles. The number of rotatable bonds is 5. The molecule has 0 saturated carbocycles. The van der Waals surface area contributed by atoms with Gasteiger partial charge in [-0.2, -0.15) is 5.26 Å². The van der Waals surface area contributed by atoms with Crippen LogP contribution in [0, 0.1) is 17.1 Å². The van der Waals surface area contributed by atoms with Gasteiger partial charge in [-0.25, -0.2) is 4.39 Å². The number of anilines is 1. The minimum atomic E-state index is -0.400. The molecule has 0 amide bonds. The van der Waals surface area contributed by atoms with E-state index in [0.29, 0.717) is 17.9 Å². The molecule has 0 spiro atoms. The highest BCUT2D eigenvalue weighted by Gasteiger charge is 2.06. The first-order valence-corrected chi connectivity index (χ1v) is 5.12. The predicted molar refractivity (Wildman–Crippen MR) is 60.7 cm³/mol. The third kappa shape index (κ3) is 3.52. The van der Waals surface area contributed by atoms with Gasteiger partial charge in [-0.05, 0) is 31.5 Å². The fourth-order valence-corrected chi connectivity index (χ4v) is 1.33. The van der Waals surface area contributed by atoms with Crippen molar-refractivity contribution in [2.45, 2.75) is 19.4 Å². The van der Waals surface area contributed by atoms with Crippen molar-refractivity contribution in [1.82, 2.24) is 0 Å². The van der Waals surface area contributed by atoms with Gasteiger partial charge >= 0.3 is 0 Å². The van der Waals surface area contributed by atoms with Gasteiger partial charge in [-0.3, -0.25) is 0 Å². The molecule has 86 valence electrons. The van der Waals surface area contributed by atoms with Gasteiger partial charge in [0.25, 0.3) is 0 Å². The van der Waals surface area contributed by atoms with E-state index in [1.807, 2.05) is 13.0 Å². The molecule has 4 heteroatoms. The summed E-state index contributed by atoms with van der Waals surface area (Å²) in [6.45, 7) is 2.59. The van der Waals surface area contributed by atoms with E-state index >= 15 is 0 Å². The molecule has 1 N–H and O–H groups in total. The number of nitrogens with zero attached hydrogens (tertiary/aromatic N) is 1. The van der Waals surface area contributed by atoms with Crippen molar-refractivity contribution in [2.24, 2.45) is 0 Å². The van der Waals surface area contributed by atoms with Crippen LogP contribution in [0.25, 0.3) is 0 Å². The van der Waals surface area contributed by atoms with Gasteiger partial charge in [0, 0.05) is 19.8 Å². The van der Waals surface area contributed by atoms with Crippen LogP contribution < -0.4 is 5.32 Å². The number of halogens is 1. The Morgan fingerprint density at radius 2 is 2.31 bits per heavy atom.